The van der Waals surface area contributed by atoms with Crippen molar-refractivity contribution < 1.29 is 13.7 Å². The van der Waals surface area contributed by atoms with Crippen molar-refractivity contribution in [1.82, 2.24) is 4.98 Å². The molecule has 0 radical (unpaired) electrons. The van der Waals surface area contributed by atoms with Gasteiger partial charge in [-0.15, -0.1) is 0 Å². The number of ether oxygens (including phenoxy) is 1. The van der Waals surface area contributed by atoms with Gasteiger partial charge < -0.3 is 10.1 Å². The predicted molar refractivity (Wildman–Crippen MR) is 102 cm³/mol. The van der Waals surface area contributed by atoms with Crippen LogP contribution in [0.15, 0.2) is 71.8 Å². The van der Waals surface area contributed by atoms with Crippen LogP contribution in [0.2, 0.25) is 0 Å². The molecule has 1 heterocycles. The Hall–Kier alpha value is -2.99. The van der Waals surface area contributed by atoms with E-state index in [0.29, 0.717) is 27.8 Å². The van der Waals surface area contributed by atoms with Crippen LogP contribution in [0.3, 0.4) is 0 Å². The summed E-state index contributed by atoms with van der Waals surface area (Å²) in [6.07, 6.45) is 3.14. The van der Waals surface area contributed by atoms with Crippen LogP contribution in [-0.2, 0) is 10.8 Å². The number of carbonyl (C=O) groups is 1. The van der Waals surface area contributed by atoms with Gasteiger partial charge in [0.25, 0.3) is 5.91 Å². The summed E-state index contributed by atoms with van der Waals surface area (Å²) in [6, 6.07) is 17.8. The maximum absolute atomic E-state index is 12.3. The number of rotatable bonds is 5. The van der Waals surface area contributed by atoms with Crippen molar-refractivity contribution in [3.8, 4) is 11.6 Å². The van der Waals surface area contributed by atoms with Crippen molar-refractivity contribution >= 4 is 22.4 Å². The van der Waals surface area contributed by atoms with Crippen molar-refractivity contribution in [3.05, 3.63) is 78.0 Å². The Bertz CT molecular complexity index is 921. The van der Waals surface area contributed by atoms with Gasteiger partial charge in [-0.2, -0.15) is 0 Å². The Kier molecular flexibility index (Phi) is 5.43. The van der Waals surface area contributed by atoms with Gasteiger partial charge in [0.2, 0.25) is 5.88 Å². The molecule has 0 bridgehead atoms. The van der Waals surface area contributed by atoms with Crippen LogP contribution in [0.25, 0.3) is 0 Å². The first kappa shape index (κ1) is 17.8. The Morgan fingerprint density at radius 3 is 2.27 bits per heavy atom. The van der Waals surface area contributed by atoms with Crippen LogP contribution in [0.4, 0.5) is 5.69 Å². The highest BCUT2D eigenvalue weighted by Crippen LogP contribution is 2.21. The van der Waals surface area contributed by atoms with Gasteiger partial charge >= 0.3 is 0 Å². The fourth-order valence-electron chi connectivity index (χ4n) is 2.24. The van der Waals surface area contributed by atoms with Gasteiger partial charge in [0.1, 0.15) is 5.75 Å². The number of aryl methyl sites for hydroxylation is 1. The number of amides is 1. The van der Waals surface area contributed by atoms with Crippen LogP contribution in [0.5, 0.6) is 11.6 Å². The van der Waals surface area contributed by atoms with E-state index >= 15 is 0 Å². The average Bonchev–Trinajstić information content (AvgIpc) is 2.65. The maximum atomic E-state index is 12.3. The van der Waals surface area contributed by atoms with E-state index in [1.165, 1.54) is 6.20 Å². The van der Waals surface area contributed by atoms with Crippen molar-refractivity contribution in [3.63, 3.8) is 0 Å². The summed E-state index contributed by atoms with van der Waals surface area (Å²) in [7, 11) is -1.07. The van der Waals surface area contributed by atoms with E-state index in [9.17, 15) is 9.00 Å². The van der Waals surface area contributed by atoms with Crippen LogP contribution >= 0.6 is 0 Å². The molecule has 0 aliphatic carbocycles. The minimum Gasteiger partial charge on any atom is -0.439 e. The standard InChI is InChI=1S/C20H18N2O3S/c1-14-3-8-17(9-4-14)25-19-12-7-16(13-21-19)22-20(23)15-5-10-18(11-6-15)26(2)24/h3-13H,1-2H3,(H,22,23)/t26-/m0/s1. The minimum atomic E-state index is -1.07. The third kappa shape index (κ3) is 4.55. The van der Waals surface area contributed by atoms with Crippen LogP contribution in [-0.4, -0.2) is 21.4 Å². The number of benzene rings is 2. The second-order valence-electron chi connectivity index (χ2n) is 5.73. The molecule has 0 saturated heterocycles. The smallest absolute Gasteiger partial charge is 0.255 e. The first-order chi connectivity index (χ1) is 12.5. The molecule has 1 aromatic heterocycles. The number of anilines is 1. The normalized spacial score (nSPS) is 11.6. The predicted octanol–water partition coefficient (Wildman–Crippen LogP) is 4.17. The molecule has 26 heavy (non-hydrogen) atoms. The summed E-state index contributed by atoms with van der Waals surface area (Å²) < 4.78 is 17.0. The molecule has 1 atom stereocenters. The van der Waals surface area contributed by atoms with Crippen molar-refractivity contribution in [2.24, 2.45) is 0 Å². The van der Waals surface area contributed by atoms with Gasteiger partial charge in [0.05, 0.1) is 11.9 Å². The Labute approximate surface area is 154 Å². The molecule has 0 aliphatic heterocycles. The lowest BCUT2D eigenvalue weighted by atomic mass is 10.2. The number of pyridine rings is 1. The molecule has 0 spiro atoms. The number of nitrogens with zero attached hydrogens (tertiary/aromatic N) is 1. The lowest BCUT2D eigenvalue weighted by Gasteiger charge is -2.08. The average molecular weight is 366 g/mol. The second-order valence-corrected chi connectivity index (χ2v) is 7.11. The summed E-state index contributed by atoms with van der Waals surface area (Å²) in [5.74, 6) is 0.891. The van der Waals surface area contributed by atoms with Gasteiger partial charge in [-0.25, -0.2) is 4.98 Å². The van der Waals surface area contributed by atoms with E-state index in [0.717, 1.165) is 5.56 Å². The first-order valence-electron chi connectivity index (χ1n) is 7.97. The molecule has 132 valence electrons. The van der Waals surface area contributed by atoms with Crippen molar-refractivity contribution in [2.45, 2.75) is 11.8 Å². The summed E-state index contributed by atoms with van der Waals surface area (Å²) in [6.45, 7) is 2.01. The van der Waals surface area contributed by atoms with Gasteiger partial charge in [-0.1, -0.05) is 17.7 Å². The molecule has 6 heteroatoms. The Balaban J connectivity index is 1.64. The molecular formula is C20H18N2O3S. The summed E-state index contributed by atoms with van der Waals surface area (Å²) in [5.41, 5.74) is 2.20. The second kappa shape index (κ2) is 7.93. The van der Waals surface area contributed by atoms with Crippen molar-refractivity contribution in [1.29, 1.82) is 0 Å². The number of carbonyl (C=O) groups excluding carboxylic acids is 1. The van der Waals surface area contributed by atoms with E-state index in [1.807, 2.05) is 31.2 Å². The summed E-state index contributed by atoms with van der Waals surface area (Å²) in [5, 5.41) is 2.77. The van der Waals surface area contributed by atoms with Gasteiger partial charge in [0, 0.05) is 33.6 Å². The van der Waals surface area contributed by atoms with E-state index in [2.05, 4.69) is 10.3 Å². The molecule has 0 saturated carbocycles. The van der Waals surface area contributed by atoms with E-state index in [4.69, 9.17) is 4.74 Å². The molecule has 0 unspecified atom stereocenters. The molecular weight excluding hydrogens is 348 g/mol. The van der Waals surface area contributed by atoms with E-state index in [-0.39, 0.29) is 5.91 Å². The Morgan fingerprint density at radius 1 is 1.00 bits per heavy atom. The zero-order chi connectivity index (χ0) is 18.5. The monoisotopic (exact) mass is 366 g/mol. The molecule has 0 aliphatic rings. The quantitative estimate of drug-likeness (QED) is 0.736. The third-order valence-corrected chi connectivity index (χ3v) is 4.62. The maximum Gasteiger partial charge on any atom is 0.255 e. The zero-order valence-electron chi connectivity index (χ0n) is 14.4. The highest BCUT2D eigenvalue weighted by molar-refractivity contribution is 7.84. The first-order valence-corrected chi connectivity index (χ1v) is 9.52. The molecule has 1 amide bonds. The van der Waals surface area contributed by atoms with Crippen LogP contribution in [0, 0.1) is 6.92 Å². The van der Waals surface area contributed by atoms with Crippen molar-refractivity contribution in [2.75, 3.05) is 11.6 Å². The number of nitrogens with one attached hydrogen (secondary N) is 1. The number of aromatic nitrogens is 1. The van der Waals surface area contributed by atoms with Gasteiger partial charge in [-0.05, 0) is 49.4 Å². The zero-order valence-corrected chi connectivity index (χ0v) is 15.2. The van der Waals surface area contributed by atoms with Crippen LogP contribution in [0.1, 0.15) is 15.9 Å². The van der Waals surface area contributed by atoms with Gasteiger partial charge in [-0.3, -0.25) is 9.00 Å². The van der Waals surface area contributed by atoms with E-state index < -0.39 is 10.8 Å². The highest BCUT2D eigenvalue weighted by Gasteiger charge is 2.08. The van der Waals surface area contributed by atoms with Crippen LogP contribution < -0.4 is 10.1 Å². The molecule has 5 nitrogen and oxygen atoms in total. The third-order valence-electron chi connectivity index (χ3n) is 3.69. The molecule has 1 N–H and O–H groups in total. The highest BCUT2D eigenvalue weighted by atomic mass is 32.2. The lowest BCUT2D eigenvalue weighted by Crippen LogP contribution is -2.12. The molecule has 3 aromatic rings. The molecule has 2 aromatic carbocycles. The van der Waals surface area contributed by atoms with E-state index in [1.54, 1.807) is 42.7 Å². The molecule has 3 rings (SSSR count). The van der Waals surface area contributed by atoms with Gasteiger partial charge in [0.15, 0.2) is 0 Å². The summed E-state index contributed by atoms with van der Waals surface area (Å²) >= 11 is 0. The number of hydrogen-bond donors (Lipinski definition) is 1. The molecule has 0 fully saturated rings. The fourth-order valence-corrected chi connectivity index (χ4v) is 2.76. The largest absolute Gasteiger partial charge is 0.439 e. The topological polar surface area (TPSA) is 68.3 Å². The SMILES string of the molecule is Cc1ccc(Oc2ccc(NC(=O)c3ccc([S@](C)=O)cc3)cn2)cc1. The fraction of sp³-hybridized carbons (Fsp3) is 0.100. The minimum absolute atomic E-state index is 0.257. The Morgan fingerprint density at radius 2 is 1.69 bits per heavy atom. The number of hydrogen-bond acceptors (Lipinski definition) is 4. The summed E-state index contributed by atoms with van der Waals surface area (Å²) in [4.78, 5) is 17.1. The lowest BCUT2D eigenvalue weighted by molar-refractivity contribution is 0.102.